The Morgan fingerprint density at radius 1 is 1.05 bits per heavy atom. The molecule has 0 heterocycles. The van der Waals surface area contributed by atoms with E-state index in [0.29, 0.717) is 11.1 Å². The van der Waals surface area contributed by atoms with Gasteiger partial charge < -0.3 is 14.9 Å². The maximum Gasteiger partial charge on any atom is 0.338 e. The number of ether oxygens (including phenoxy) is 1. The molecule has 2 aromatic carbocycles. The molecule has 4 nitrogen and oxygen atoms in total. The Morgan fingerprint density at radius 2 is 1.48 bits per heavy atom. The molecule has 0 unspecified atom stereocenters. The van der Waals surface area contributed by atoms with Gasteiger partial charge in [0.2, 0.25) is 0 Å². The third-order valence-electron chi connectivity index (χ3n) is 3.33. The van der Waals surface area contributed by atoms with Crippen molar-refractivity contribution in [2.75, 3.05) is 6.61 Å². The monoisotopic (exact) mass is 286 g/mol. The molecule has 21 heavy (non-hydrogen) atoms. The molecular weight excluding hydrogens is 268 g/mol. The van der Waals surface area contributed by atoms with Crippen LogP contribution < -0.4 is 0 Å². The Morgan fingerprint density at radius 3 is 1.86 bits per heavy atom. The second-order valence-electron chi connectivity index (χ2n) is 4.65. The molecule has 0 fully saturated rings. The van der Waals surface area contributed by atoms with E-state index in [-0.39, 0.29) is 6.61 Å². The van der Waals surface area contributed by atoms with Gasteiger partial charge in [0.05, 0.1) is 6.61 Å². The molecule has 1 atom stereocenters. The minimum Gasteiger partial charge on any atom is -0.464 e. The van der Waals surface area contributed by atoms with Gasteiger partial charge in [0.25, 0.3) is 0 Å². The van der Waals surface area contributed by atoms with Crippen LogP contribution >= 0.6 is 0 Å². The van der Waals surface area contributed by atoms with Gasteiger partial charge in [-0.25, -0.2) is 4.79 Å². The van der Waals surface area contributed by atoms with Crippen LogP contribution in [0, 0.1) is 0 Å². The number of aliphatic hydroxyl groups is 2. The molecule has 2 aromatic rings. The maximum absolute atomic E-state index is 11.9. The van der Waals surface area contributed by atoms with E-state index in [0.717, 1.165) is 0 Å². The van der Waals surface area contributed by atoms with Crippen molar-refractivity contribution in [1.29, 1.82) is 0 Å². The molecule has 0 spiro atoms. The van der Waals surface area contributed by atoms with E-state index < -0.39 is 17.7 Å². The van der Waals surface area contributed by atoms with E-state index in [1.807, 2.05) is 0 Å². The first-order valence-electron chi connectivity index (χ1n) is 6.78. The summed E-state index contributed by atoms with van der Waals surface area (Å²) in [6.45, 7) is 1.78. The fourth-order valence-corrected chi connectivity index (χ4v) is 2.26. The van der Waals surface area contributed by atoms with Crippen molar-refractivity contribution < 1.29 is 19.7 Å². The van der Waals surface area contributed by atoms with Crippen LogP contribution in [0.25, 0.3) is 0 Å². The summed E-state index contributed by atoms with van der Waals surface area (Å²) in [5, 5.41) is 21.4. The van der Waals surface area contributed by atoms with E-state index in [9.17, 15) is 15.0 Å². The van der Waals surface area contributed by atoms with Crippen LogP contribution in [0.3, 0.4) is 0 Å². The minimum atomic E-state index is -1.85. The number of hydrogen-bond acceptors (Lipinski definition) is 4. The van der Waals surface area contributed by atoms with Crippen molar-refractivity contribution in [3.05, 3.63) is 71.8 Å². The predicted molar refractivity (Wildman–Crippen MR) is 78.5 cm³/mol. The summed E-state index contributed by atoms with van der Waals surface area (Å²) in [5.41, 5.74) is -0.997. The molecule has 0 amide bonds. The molecule has 4 heteroatoms. The van der Waals surface area contributed by atoms with Gasteiger partial charge >= 0.3 is 5.97 Å². The summed E-state index contributed by atoms with van der Waals surface area (Å²) >= 11 is 0. The Bertz CT molecular complexity index is 541. The van der Waals surface area contributed by atoms with Gasteiger partial charge in [-0.1, -0.05) is 60.7 Å². The summed E-state index contributed by atoms with van der Waals surface area (Å²) < 4.78 is 4.84. The topological polar surface area (TPSA) is 66.8 Å². The minimum absolute atomic E-state index is 0.134. The normalized spacial score (nSPS) is 12.7. The van der Waals surface area contributed by atoms with Gasteiger partial charge in [-0.2, -0.15) is 0 Å². The molecule has 2 N–H and O–H groups in total. The molecule has 2 rings (SSSR count). The second-order valence-corrected chi connectivity index (χ2v) is 4.65. The summed E-state index contributed by atoms with van der Waals surface area (Å²) in [5.74, 6) is -0.854. The summed E-state index contributed by atoms with van der Waals surface area (Å²) in [6.07, 6.45) is -1.71. The molecule has 0 aliphatic carbocycles. The van der Waals surface area contributed by atoms with Crippen LogP contribution in [0.4, 0.5) is 0 Å². The van der Waals surface area contributed by atoms with Gasteiger partial charge in [0.1, 0.15) is 0 Å². The molecule has 0 saturated carbocycles. The average Bonchev–Trinajstić information content (AvgIpc) is 2.55. The third kappa shape index (κ3) is 2.96. The zero-order chi connectivity index (χ0) is 15.3. The number of hydrogen-bond donors (Lipinski definition) is 2. The van der Waals surface area contributed by atoms with Crippen LogP contribution in [0.15, 0.2) is 60.7 Å². The third-order valence-corrected chi connectivity index (χ3v) is 3.33. The van der Waals surface area contributed by atoms with Gasteiger partial charge in [0.15, 0.2) is 11.7 Å². The maximum atomic E-state index is 11.9. The highest BCUT2D eigenvalue weighted by Gasteiger charge is 2.44. The van der Waals surface area contributed by atoms with E-state index in [4.69, 9.17) is 4.74 Å². The number of benzene rings is 2. The van der Waals surface area contributed by atoms with Gasteiger partial charge in [-0.3, -0.25) is 0 Å². The molecule has 0 radical (unpaired) electrons. The largest absolute Gasteiger partial charge is 0.464 e. The van der Waals surface area contributed by atoms with Crippen molar-refractivity contribution in [3.8, 4) is 0 Å². The fourth-order valence-electron chi connectivity index (χ4n) is 2.26. The first kappa shape index (κ1) is 15.2. The molecule has 0 saturated heterocycles. The quantitative estimate of drug-likeness (QED) is 0.823. The molecule has 110 valence electrons. The summed E-state index contributed by atoms with van der Waals surface area (Å²) in [6, 6.07) is 17.2. The Labute approximate surface area is 123 Å². The lowest BCUT2D eigenvalue weighted by Gasteiger charge is -2.32. The van der Waals surface area contributed by atoms with E-state index in [1.165, 1.54) is 0 Å². The van der Waals surface area contributed by atoms with Crippen molar-refractivity contribution >= 4 is 5.97 Å². The number of rotatable bonds is 5. The Kier molecular flexibility index (Phi) is 4.73. The van der Waals surface area contributed by atoms with Gasteiger partial charge in [0, 0.05) is 0 Å². The van der Waals surface area contributed by atoms with Crippen LogP contribution in [0.5, 0.6) is 0 Å². The lowest BCUT2D eigenvalue weighted by molar-refractivity contribution is -0.166. The van der Waals surface area contributed by atoms with Gasteiger partial charge in [-0.05, 0) is 18.1 Å². The van der Waals surface area contributed by atoms with Crippen molar-refractivity contribution in [2.45, 2.75) is 18.6 Å². The zero-order valence-electron chi connectivity index (χ0n) is 11.8. The molecule has 0 aliphatic rings. The van der Waals surface area contributed by atoms with Crippen molar-refractivity contribution in [2.24, 2.45) is 0 Å². The summed E-state index contributed by atoms with van der Waals surface area (Å²) in [4.78, 5) is 11.9. The predicted octanol–water partition coefficient (Wildman–Crippen LogP) is 1.85. The van der Waals surface area contributed by atoms with Crippen LogP contribution in [-0.2, 0) is 15.1 Å². The highest BCUT2D eigenvalue weighted by Crippen LogP contribution is 2.33. The van der Waals surface area contributed by atoms with Crippen molar-refractivity contribution in [1.82, 2.24) is 0 Å². The second kappa shape index (κ2) is 6.52. The number of aliphatic hydroxyl groups excluding tert-OH is 1. The van der Waals surface area contributed by atoms with Crippen molar-refractivity contribution in [3.63, 3.8) is 0 Å². The number of carbonyl (C=O) groups is 1. The first-order valence-corrected chi connectivity index (χ1v) is 6.78. The highest BCUT2D eigenvalue weighted by molar-refractivity contribution is 5.77. The zero-order valence-corrected chi connectivity index (χ0v) is 11.8. The molecule has 0 aromatic heterocycles. The van der Waals surface area contributed by atoms with E-state index in [2.05, 4.69) is 0 Å². The Hall–Kier alpha value is -2.17. The molecule has 0 aliphatic heterocycles. The van der Waals surface area contributed by atoms with Gasteiger partial charge in [-0.15, -0.1) is 0 Å². The first-order chi connectivity index (χ1) is 10.1. The fraction of sp³-hybridized carbons (Fsp3) is 0.235. The SMILES string of the molecule is CCOC(=O)[C@@H](O)C(O)(c1ccccc1)c1ccccc1. The number of esters is 1. The van der Waals surface area contributed by atoms with E-state index in [1.54, 1.807) is 67.6 Å². The number of carbonyl (C=O) groups excluding carboxylic acids is 1. The standard InChI is InChI=1S/C17H18O4/c1-2-21-16(19)15(18)17(20,13-9-5-3-6-10-13)14-11-7-4-8-12-14/h3-12,15,18,20H,2H2,1H3/t15-/m1/s1. The molecule has 0 bridgehead atoms. The van der Waals surface area contributed by atoms with Crippen LogP contribution in [0.1, 0.15) is 18.1 Å². The van der Waals surface area contributed by atoms with E-state index >= 15 is 0 Å². The summed E-state index contributed by atoms with van der Waals surface area (Å²) in [7, 11) is 0. The lowest BCUT2D eigenvalue weighted by Crippen LogP contribution is -2.46. The van der Waals surface area contributed by atoms with Crippen LogP contribution in [-0.4, -0.2) is 28.9 Å². The lowest BCUT2D eigenvalue weighted by atomic mass is 9.81. The average molecular weight is 286 g/mol. The smallest absolute Gasteiger partial charge is 0.338 e. The molecular formula is C17H18O4. The Balaban J connectivity index is 2.52. The highest BCUT2D eigenvalue weighted by atomic mass is 16.5. The van der Waals surface area contributed by atoms with Crippen LogP contribution in [0.2, 0.25) is 0 Å².